The highest BCUT2D eigenvalue weighted by Gasteiger charge is 2.51. The van der Waals surface area contributed by atoms with Crippen LogP contribution in [-0.2, 0) is 9.84 Å². The fraction of sp³-hybridized carbons (Fsp3) is 0.500. The second-order valence-corrected chi connectivity index (χ2v) is 7.32. The zero-order valence-corrected chi connectivity index (χ0v) is 11.4. The van der Waals surface area contributed by atoms with Crippen molar-refractivity contribution in [2.24, 2.45) is 0 Å². The van der Waals surface area contributed by atoms with Crippen LogP contribution in [0.1, 0.15) is 10.8 Å². The maximum Gasteiger partial charge on any atom is 0.157 e. The summed E-state index contributed by atoms with van der Waals surface area (Å²) in [4.78, 5) is 1.73. The van der Waals surface area contributed by atoms with Crippen LogP contribution in [0.15, 0.2) is 18.2 Å². The molecule has 0 saturated carbocycles. The van der Waals surface area contributed by atoms with Crippen LogP contribution in [0.4, 0.5) is 8.78 Å². The van der Waals surface area contributed by atoms with E-state index in [1.807, 2.05) is 0 Å². The largest absolute Gasteiger partial charge is 0.385 e. The van der Waals surface area contributed by atoms with Crippen LogP contribution in [0.5, 0.6) is 0 Å². The molecule has 1 fully saturated rings. The van der Waals surface area contributed by atoms with Crippen molar-refractivity contribution in [1.29, 1.82) is 0 Å². The molecule has 0 unspecified atom stereocenters. The van der Waals surface area contributed by atoms with Crippen molar-refractivity contribution in [3.05, 3.63) is 35.4 Å². The summed E-state index contributed by atoms with van der Waals surface area (Å²) in [7, 11) is -1.98. The molecule has 1 aliphatic heterocycles. The lowest BCUT2D eigenvalue weighted by molar-refractivity contribution is -0.0885. The number of hydrogen-bond acceptors (Lipinski definition) is 4. The van der Waals surface area contributed by atoms with Gasteiger partial charge in [-0.3, -0.25) is 0 Å². The molecular weight excluding hydrogens is 276 g/mol. The molecule has 0 aromatic heterocycles. The van der Waals surface area contributed by atoms with Crippen LogP contribution in [0.3, 0.4) is 0 Å². The highest BCUT2D eigenvalue weighted by Crippen LogP contribution is 2.39. The lowest BCUT2D eigenvalue weighted by atomic mass is 9.87. The van der Waals surface area contributed by atoms with Gasteiger partial charge in [-0.2, -0.15) is 0 Å². The Bertz CT molecular complexity index is 577. The summed E-state index contributed by atoms with van der Waals surface area (Å²) in [5.41, 5.74) is -1.57. The lowest BCUT2D eigenvalue weighted by Crippen LogP contribution is -2.64. The third-order valence-electron chi connectivity index (χ3n) is 3.19. The summed E-state index contributed by atoms with van der Waals surface area (Å²) in [6.45, 7) is 0.283. The quantitative estimate of drug-likeness (QED) is 0.892. The second kappa shape index (κ2) is 4.50. The van der Waals surface area contributed by atoms with Gasteiger partial charge >= 0.3 is 0 Å². The first-order valence-corrected chi connectivity index (χ1v) is 7.63. The van der Waals surface area contributed by atoms with E-state index in [4.69, 9.17) is 0 Å². The van der Waals surface area contributed by atoms with Crippen LogP contribution >= 0.6 is 0 Å². The van der Waals surface area contributed by atoms with Gasteiger partial charge in [-0.15, -0.1) is 0 Å². The SMILES string of the molecule is CN1CC(O)([C@@H](c2cc(F)cc(F)c2)S(C)(=O)=O)C1. The lowest BCUT2D eigenvalue weighted by Gasteiger charge is -2.48. The minimum absolute atomic E-state index is 0.0596. The summed E-state index contributed by atoms with van der Waals surface area (Å²) in [6, 6.07) is 2.57. The summed E-state index contributed by atoms with van der Waals surface area (Å²) in [5.74, 6) is -1.72. The molecule has 7 heteroatoms. The predicted octanol–water partition coefficient (Wildman–Crippen LogP) is 0.727. The Hall–Kier alpha value is -1.05. The van der Waals surface area contributed by atoms with Crippen molar-refractivity contribution in [3.63, 3.8) is 0 Å². The Labute approximate surface area is 110 Å². The van der Waals surface area contributed by atoms with Gasteiger partial charge in [-0.05, 0) is 24.7 Å². The average Bonchev–Trinajstić information content (AvgIpc) is 2.10. The number of likely N-dealkylation sites (tertiary alicyclic amines) is 1. The molecule has 0 aliphatic carbocycles. The van der Waals surface area contributed by atoms with Crippen molar-refractivity contribution in [1.82, 2.24) is 4.90 Å². The van der Waals surface area contributed by atoms with Crippen LogP contribution in [0.25, 0.3) is 0 Å². The number of rotatable bonds is 3. The molecule has 1 aromatic rings. The van der Waals surface area contributed by atoms with Gasteiger partial charge in [0.05, 0.1) is 0 Å². The normalized spacial score (nSPS) is 20.9. The highest BCUT2D eigenvalue weighted by molar-refractivity contribution is 7.91. The zero-order chi connectivity index (χ0) is 14.4. The van der Waals surface area contributed by atoms with Crippen molar-refractivity contribution < 1.29 is 22.3 Å². The molecule has 19 heavy (non-hydrogen) atoms. The molecule has 2 rings (SSSR count). The van der Waals surface area contributed by atoms with E-state index < -0.39 is 32.3 Å². The van der Waals surface area contributed by atoms with Gasteiger partial charge < -0.3 is 10.0 Å². The first-order chi connectivity index (χ1) is 8.62. The van der Waals surface area contributed by atoms with Crippen molar-refractivity contribution in [2.45, 2.75) is 10.9 Å². The molecule has 0 spiro atoms. The molecule has 1 atom stereocenters. The first-order valence-electron chi connectivity index (χ1n) is 5.68. The fourth-order valence-corrected chi connectivity index (χ4v) is 4.31. The van der Waals surface area contributed by atoms with Crippen molar-refractivity contribution in [2.75, 3.05) is 26.4 Å². The van der Waals surface area contributed by atoms with Gasteiger partial charge in [0.15, 0.2) is 9.84 Å². The van der Waals surface area contributed by atoms with Gasteiger partial charge in [0.25, 0.3) is 0 Å². The van der Waals surface area contributed by atoms with Gasteiger partial charge in [0.1, 0.15) is 22.5 Å². The van der Waals surface area contributed by atoms with Gasteiger partial charge in [-0.25, -0.2) is 17.2 Å². The molecule has 1 N–H and O–H groups in total. The summed E-state index contributed by atoms with van der Waals surface area (Å²) < 4.78 is 50.2. The summed E-state index contributed by atoms with van der Waals surface area (Å²) in [6.07, 6.45) is 0.955. The molecular formula is C12H15F2NO3S. The monoisotopic (exact) mass is 291 g/mol. The number of benzene rings is 1. The van der Waals surface area contributed by atoms with E-state index >= 15 is 0 Å². The first kappa shape index (κ1) is 14.4. The molecule has 106 valence electrons. The van der Waals surface area contributed by atoms with Crippen LogP contribution in [0, 0.1) is 11.6 Å². The van der Waals surface area contributed by atoms with Crippen LogP contribution in [0.2, 0.25) is 0 Å². The summed E-state index contributed by atoms with van der Waals surface area (Å²) >= 11 is 0. The number of β-amino-alcohol motifs (C(OH)–C–C–N with tert-alkyl or cyclic N) is 1. The predicted molar refractivity (Wildman–Crippen MR) is 66.4 cm³/mol. The standard InChI is InChI=1S/C12H15F2NO3S/c1-15-6-12(16,7-15)11(19(2,17)18)8-3-9(13)5-10(14)4-8/h3-5,11,16H,6-7H2,1-2H3/t11-/m1/s1. The Balaban J connectivity index is 2.50. The van der Waals surface area contributed by atoms with E-state index in [0.717, 1.165) is 18.4 Å². The number of sulfone groups is 1. The Morgan fingerprint density at radius 3 is 2.11 bits per heavy atom. The molecule has 0 bridgehead atoms. The number of nitrogens with zero attached hydrogens (tertiary/aromatic N) is 1. The van der Waals surface area contributed by atoms with E-state index in [9.17, 15) is 22.3 Å². The van der Waals surface area contributed by atoms with E-state index in [-0.39, 0.29) is 18.7 Å². The van der Waals surface area contributed by atoms with E-state index in [2.05, 4.69) is 0 Å². The average molecular weight is 291 g/mol. The van der Waals surface area contributed by atoms with Gasteiger partial charge in [0.2, 0.25) is 0 Å². The third-order valence-corrected chi connectivity index (χ3v) is 4.76. The highest BCUT2D eigenvalue weighted by atomic mass is 32.2. The topological polar surface area (TPSA) is 57.6 Å². The minimum atomic E-state index is -3.70. The van der Waals surface area contributed by atoms with E-state index in [1.165, 1.54) is 0 Å². The second-order valence-electron chi connectivity index (χ2n) is 5.19. The minimum Gasteiger partial charge on any atom is -0.385 e. The third kappa shape index (κ3) is 2.77. The summed E-state index contributed by atoms with van der Waals surface area (Å²) in [5, 5.41) is 9.01. The molecule has 0 amide bonds. The molecule has 1 aromatic carbocycles. The van der Waals surface area contributed by atoms with Gasteiger partial charge in [-0.1, -0.05) is 0 Å². The van der Waals surface area contributed by atoms with E-state index in [1.54, 1.807) is 11.9 Å². The van der Waals surface area contributed by atoms with E-state index in [0.29, 0.717) is 6.07 Å². The van der Waals surface area contributed by atoms with Crippen molar-refractivity contribution in [3.8, 4) is 0 Å². The van der Waals surface area contributed by atoms with Gasteiger partial charge in [0, 0.05) is 25.4 Å². The number of likely N-dealkylation sites (N-methyl/N-ethyl adjacent to an activating group) is 1. The molecule has 4 nitrogen and oxygen atoms in total. The maximum absolute atomic E-state index is 13.2. The molecule has 1 heterocycles. The number of halogens is 2. The number of aliphatic hydroxyl groups is 1. The molecule has 0 radical (unpaired) electrons. The maximum atomic E-state index is 13.2. The zero-order valence-electron chi connectivity index (χ0n) is 10.6. The van der Waals surface area contributed by atoms with Crippen molar-refractivity contribution >= 4 is 9.84 Å². The van der Waals surface area contributed by atoms with Crippen LogP contribution in [-0.4, -0.2) is 50.4 Å². The Morgan fingerprint density at radius 2 is 1.74 bits per heavy atom. The molecule has 1 aliphatic rings. The molecule has 1 saturated heterocycles. The number of hydrogen-bond donors (Lipinski definition) is 1. The van der Waals surface area contributed by atoms with Crippen LogP contribution < -0.4 is 0 Å². The fourth-order valence-electron chi connectivity index (χ4n) is 2.74. The smallest absolute Gasteiger partial charge is 0.157 e. The Morgan fingerprint density at radius 1 is 1.26 bits per heavy atom. The Kier molecular flexibility index (Phi) is 3.40.